The van der Waals surface area contributed by atoms with Crippen molar-refractivity contribution in [2.75, 3.05) is 19.6 Å². The summed E-state index contributed by atoms with van der Waals surface area (Å²) >= 11 is 3.43. The quantitative estimate of drug-likeness (QED) is 0.789. The van der Waals surface area contributed by atoms with E-state index in [-0.39, 0.29) is 5.78 Å². The second-order valence-electron chi connectivity index (χ2n) is 5.84. The molecule has 2 nitrogen and oxygen atoms in total. The molecule has 0 aromatic heterocycles. The summed E-state index contributed by atoms with van der Waals surface area (Å²) in [5.74, 6) is 0.229. The maximum atomic E-state index is 12.1. The molecule has 1 aliphatic rings. The van der Waals surface area contributed by atoms with E-state index < -0.39 is 0 Å². The molecular formula is C15H20BrNO. The zero-order chi connectivity index (χ0) is 13.2. The van der Waals surface area contributed by atoms with Crippen LogP contribution in [0.1, 0.15) is 37.0 Å². The van der Waals surface area contributed by atoms with Gasteiger partial charge in [0.15, 0.2) is 5.78 Å². The fraction of sp³-hybridized carbons (Fsp3) is 0.533. The molecule has 0 spiro atoms. The number of hydrogen-bond donors (Lipinski definition) is 0. The summed E-state index contributed by atoms with van der Waals surface area (Å²) in [4.78, 5) is 14.5. The average Bonchev–Trinajstić information content (AvgIpc) is 2.66. The van der Waals surface area contributed by atoms with Crippen LogP contribution in [-0.2, 0) is 0 Å². The summed E-state index contributed by atoms with van der Waals surface area (Å²) in [6.45, 7) is 7.70. The molecule has 98 valence electrons. The topological polar surface area (TPSA) is 20.3 Å². The number of Topliss-reactive ketones (excluding diaryl/α,β-unsaturated/α-hetero) is 1. The highest BCUT2D eigenvalue weighted by Crippen LogP contribution is 2.28. The smallest absolute Gasteiger partial charge is 0.165 e. The normalized spacial score (nSPS) is 19.1. The van der Waals surface area contributed by atoms with Gasteiger partial charge in [-0.15, -0.1) is 0 Å². The van der Waals surface area contributed by atoms with Crippen molar-refractivity contribution in [1.82, 2.24) is 4.90 Å². The van der Waals surface area contributed by atoms with Crippen LogP contribution in [0.2, 0.25) is 0 Å². The molecule has 0 bridgehead atoms. The highest BCUT2D eigenvalue weighted by Gasteiger charge is 2.29. The van der Waals surface area contributed by atoms with Crippen molar-refractivity contribution in [2.24, 2.45) is 5.41 Å². The lowest BCUT2D eigenvalue weighted by Crippen LogP contribution is -2.26. The van der Waals surface area contributed by atoms with Crippen LogP contribution in [-0.4, -0.2) is 30.3 Å². The van der Waals surface area contributed by atoms with Gasteiger partial charge in [0.1, 0.15) is 0 Å². The first-order chi connectivity index (χ1) is 8.48. The van der Waals surface area contributed by atoms with Crippen LogP contribution in [0.25, 0.3) is 0 Å². The first-order valence-electron chi connectivity index (χ1n) is 6.48. The third-order valence-electron chi connectivity index (χ3n) is 3.59. The van der Waals surface area contributed by atoms with E-state index in [9.17, 15) is 4.79 Å². The summed E-state index contributed by atoms with van der Waals surface area (Å²) < 4.78 is 0.900. The summed E-state index contributed by atoms with van der Waals surface area (Å²) in [5.41, 5.74) is 1.21. The van der Waals surface area contributed by atoms with E-state index in [2.05, 4.69) is 34.7 Å². The van der Waals surface area contributed by atoms with Gasteiger partial charge in [-0.2, -0.15) is 0 Å². The van der Waals surface area contributed by atoms with Crippen molar-refractivity contribution in [2.45, 2.75) is 26.7 Å². The van der Waals surface area contributed by atoms with Crippen LogP contribution in [0.15, 0.2) is 28.7 Å². The van der Waals surface area contributed by atoms with E-state index in [0.717, 1.165) is 29.7 Å². The van der Waals surface area contributed by atoms with Crippen LogP contribution in [0, 0.1) is 5.41 Å². The fourth-order valence-electron chi connectivity index (χ4n) is 2.50. The monoisotopic (exact) mass is 309 g/mol. The lowest BCUT2D eigenvalue weighted by Gasteiger charge is -2.19. The highest BCUT2D eigenvalue weighted by molar-refractivity contribution is 9.10. The van der Waals surface area contributed by atoms with Crippen molar-refractivity contribution in [3.8, 4) is 0 Å². The van der Waals surface area contributed by atoms with Gasteiger partial charge in [0.05, 0.1) is 0 Å². The van der Waals surface area contributed by atoms with Gasteiger partial charge < -0.3 is 4.90 Å². The number of carbonyl (C=O) groups is 1. The van der Waals surface area contributed by atoms with E-state index in [0.29, 0.717) is 11.8 Å². The van der Waals surface area contributed by atoms with Gasteiger partial charge in [0, 0.05) is 29.5 Å². The Bertz CT molecular complexity index is 442. The van der Waals surface area contributed by atoms with E-state index in [4.69, 9.17) is 0 Å². The molecule has 1 fully saturated rings. The molecule has 0 atom stereocenters. The molecule has 0 radical (unpaired) electrons. The van der Waals surface area contributed by atoms with E-state index >= 15 is 0 Å². The maximum Gasteiger partial charge on any atom is 0.165 e. The summed E-state index contributed by atoms with van der Waals surface area (Å²) in [5, 5.41) is 0. The van der Waals surface area contributed by atoms with Gasteiger partial charge in [-0.1, -0.05) is 48.0 Å². The SMILES string of the molecule is CC1(C)CCN(CCC(=O)c2ccccc2Br)C1. The summed E-state index contributed by atoms with van der Waals surface area (Å²) in [7, 11) is 0. The Morgan fingerprint density at radius 1 is 1.39 bits per heavy atom. The van der Waals surface area contributed by atoms with Gasteiger partial charge >= 0.3 is 0 Å². The Kier molecular flexibility index (Phi) is 4.23. The molecular weight excluding hydrogens is 290 g/mol. The Balaban J connectivity index is 1.88. The predicted octanol–water partition coefficient (Wildman–Crippen LogP) is 3.75. The molecule has 0 N–H and O–H groups in total. The van der Waals surface area contributed by atoms with E-state index in [1.54, 1.807) is 0 Å². The van der Waals surface area contributed by atoms with Crippen LogP contribution in [0.3, 0.4) is 0 Å². The number of benzene rings is 1. The van der Waals surface area contributed by atoms with E-state index in [1.165, 1.54) is 6.42 Å². The van der Waals surface area contributed by atoms with Gasteiger partial charge in [-0.25, -0.2) is 0 Å². The molecule has 0 unspecified atom stereocenters. The standard InChI is InChI=1S/C15H20BrNO/c1-15(2)8-10-17(11-15)9-7-14(18)12-5-3-4-6-13(12)16/h3-6H,7-11H2,1-2H3. The van der Waals surface area contributed by atoms with E-state index in [1.807, 2.05) is 24.3 Å². The molecule has 1 aromatic rings. The molecule has 18 heavy (non-hydrogen) atoms. The Labute approximate surface area is 117 Å². The zero-order valence-electron chi connectivity index (χ0n) is 11.1. The Hall–Kier alpha value is -0.670. The third-order valence-corrected chi connectivity index (χ3v) is 4.28. The van der Waals surface area contributed by atoms with Crippen LogP contribution >= 0.6 is 15.9 Å². The van der Waals surface area contributed by atoms with Gasteiger partial charge in [-0.3, -0.25) is 4.79 Å². The summed E-state index contributed by atoms with van der Waals surface area (Å²) in [6, 6.07) is 7.66. The molecule has 1 heterocycles. The molecule has 0 aliphatic carbocycles. The minimum Gasteiger partial charge on any atom is -0.302 e. The largest absolute Gasteiger partial charge is 0.302 e. The fourth-order valence-corrected chi connectivity index (χ4v) is 3.00. The van der Waals surface area contributed by atoms with Crippen molar-refractivity contribution >= 4 is 21.7 Å². The second kappa shape index (κ2) is 5.54. The number of halogens is 1. The Morgan fingerprint density at radius 3 is 2.72 bits per heavy atom. The molecule has 0 saturated carbocycles. The number of hydrogen-bond acceptors (Lipinski definition) is 2. The molecule has 2 rings (SSSR count). The molecule has 0 amide bonds. The third kappa shape index (κ3) is 3.42. The first kappa shape index (κ1) is 13.8. The summed E-state index contributed by atoms with van der Waals surface area (Å²) in [6.07, 6.45) is 1.84. The number of nitrogens with zero attached hydrogens (tertiary/aromatic N) is 1. The maximum absolute atomic E-state index is 12.1. The van der Waals surface area contributed by atoms with Crippen LogP contribution < -0.4 is 0 Å². The molecule has 1 saturated heterocycles. The van der Waals surface area contributed by atoms with Crippen molar-refractivity contribution in [1.29, 1.82) is 0 Å². The van der Waals surface area contributed by atoms with Crippen LogP contribution in [0.4, 0.5) is 0 Å². The van der Waals surface area contributed by atoms with Crippen molar-refractivity contribution < 1.29 is 4.79 Å². The van der Waals surface area contributed by atoms with Gasteiger partial charge in [0.25, 0.3) is 0 Å². The minimum absolute atomic E-state index is 0.229. The van der Waals surface area contributed by atoms with Crippen LogP contribution in [0.5, 0.6) is 0 Å². The zero-order valence-corrected chi connectivity index (χ0v) is 12.7. The minimum atomic E-state index is 0.229. The molecule has 3 heteroatoms. The molecule has 1 aliphatic heterocycles. The predicted molar refractivity (Wildman–Crippen MR) is 77.9 cm³/mol. The number of carbonyl (C=O) groups excluding carboxylic acids is 1. The lowest BCUT2D eigenvalue weighted by atomic mass is 9.93. The second-order valence-corrected chi connectivity index (χ2v) is 6.70. The number of likely N-dealkylation sites (tertiary alicyclic amines) is 1. The molecule has 1 aromatic carbocycles. The average molecular weight is 310 g/mol. The lowest BCUT2D eigenvalue weighted by molar-refractivity contribution is 0.0966. The van der Waals surface area contributed by atoms with Crippen molar-refractivity contribution in [3.63, 3.8) is 0 Å². The Morgan fingerprint density at radius 2 is 2.11 bits per heavy atom. The van der Waals surface area contributed by atoms with Gasteiger partial charge in [-0.05, 0) is 24.4 Å². The highest BCUT2D eigenvalue weighted by atomic mass is 79.9. The van der Waals surface area contributed by atoms with Gasteiger partial charge in [0.2, 0.25) is 0 Å². The van der Waals surface area contributed by atoms with Crippen molar-refractivity contribution in [3.05, 3.63) is 34.3 Å². The number of ketones is 1. The number of rotatable bonds is 4. The first-order valence-corrected chi connectivity index (χ1v) is 7.27.